The SMILES string of the molecule is CCC1Cc2ccccc2C(C2CC2)N1. The van der Waals surface area contributed by atoms with Gasteiger partial charge < -0.3 is 5.32 Å². The van der Waals surface area contributed by atoms with Crippen molar-refractivity contribution >= 4 is 0 Å². The quantitative estimate of drug-likeness (QED) is 0.775. The van der Waals surface area contributed by atoms with E-state index in [0.29, 0.717) is 12.1 Å². The third-order valence-corrected chi connectivity index (χ3v) is 3.86. The average molecular weight is 201 g/mol. The van der Waals surface area contributed by atoms with Gasteiger partial charge in [0.15, 0.2) is 0 Å². The van der Waals surface area contributed by atoms with Crippen LogP contribution in [0.4, 0.5) is 0 Å². The van der Waals surface area contributed by atoms with Crippen LogP contribution in [-0.4, -0.2) is 6.04 Å². The van der Waals surface area contributed by atoms with E-state index in [1.807, 2.05) is 0 Å². The summed E-state index contributed by atoms with van der Waals surface area (Å²) in [6, 6.07) is 10.3. The molecule has 15 heavy (non-hydrogen) atoms. The lowest BCUT2D eigenvalue weighted by molar-refractivity contribution is 0.366. The molecular weight excluding hydrogens is 182 g/mol. The van der Waals surface area contributed by atoms with E-state index in [9.17, 15) is 0 Å². The van der Waals surface area contributed by atoms with E-state index in [2.05, 4.69) is 36.5 Å². The number of benzene rings is 1. The normalized spacial score (nSPS) is 29.9. The Bertz CT molecular complexity index is 354. The number of hydrogen-bond acceptors (Lipinski definition) is 1. The first kappa shape index (κ1) is 9.41. The summed E-state index contributed by atoms with van der Waals surface area (Å²) in [6.07, 6.45) is 5.30. The van der Waals surface area contributed by atoms with Gasteiger partial charge in [-0.25, -0.2) is 0 Å². The van der Waals surface area contributed by atoms with Crippen molar-refractivity contribution < 1.29 is 0 Å². The molecule has 0 bridgehead atoms. The zero-order chi connectivity index (χ0) is 10.3. The average Bonchev–Trinajstić information content (AvgIpc) is 3.11. The molecule has 1 heterocycles. The van der Waals surface area contributed by atoms with E-state index in [1.54, 1.807) is 11.1 Å². The highest BCUT2D eigenvalue weighted by atomic mass is 15.0. The first-order valence-electron chi connectivity index (χ1n) is 6.22. The van der Waals surface area contributed by atoms with Crippen LogP contribution in [0.15, 0.2) is 24.3 Å². The minimum Gasteiger partial charge on any atom is -0.307 e. The molecule has 0 spiro atoms. The summed E-state index contributed by atoms with van der Waals surface area (Å²) in [4.78, 5) is 0. The fourth-order valence-electron chi connectivity index (χ4n) is 2.77. The molecule has 1 N–H and O–H groups in total. The van der Waals surface area contributed by atoms with Crippen LogP contribution in [0.2, 0.25) is 0 Å². The molecule has 2 atom stereocenters. The molecular formula is C14H19N. The summed E-state index contributed by atoms with van der Waals surface area (Å²) in [7, 11) is 0. The third kappa shape index (κ3) is 1.69. The van der Waals surface area contributed by atoms with Gasteiger partial charge in [0.2, 0.25) is 0 Å². The van der Waals surface area contributed by atoms with Crippen LogP contribution >= 0.6 is 0 Å². The molecule has 0 radical (unpaired) electrons. The maximum atomic E-state index is 3.82. The summed E-state index contributed by atoms with van der Waals surface area (Å²) in [5, 5.41) is 3.82. The van der Waals surface area contributed by atoms with Gasteiger partial charge in [-0.15, -0.1) is 0 Å². The lowest BCUT2D eigenvalue weighted by atomic mass is 9.87. The fourth-order valence-corrected chi connectivity index (χ4v) is 2.77. The predicted molar refractivity (Wildman–Crippen MR) is 62.8 cm³/mol. The van der Waals surface area contributed by atoms with Crippen molar-refractivity contribution in [3.8, 4) is 0 Å². The van der Waals surface area contributed by atoms with Gasteiger partial charge in [0, 0.05) is 12.1 Å². The van der Waals surface area contributed by atoms with Crippen molar-refractivity contribution in [1.29, 1.82) is 0 Å². The Morgan fingerprint density at radius 1 is 1.27 bits per heavy atom. The van der Waals surface area contributed by atoms with Crippen LogP contribution in [0.3, 0.4) is 0 Å². The Hall–Kier alpha value is -0.820. The fraction of sp³-hybridized carbons (Fsp3) is 0.571. The van der Waals surface area contributed by atoms with Crippen molar-refractivity contribution in [3.63, 3.8) is 0 Å². The molecule has 2 unspecified atom stereocenters. The highest BCUT2D eigenvalue weighted by molar-refractivity contribution is 5.34. The summed E-state index contributed by atoms with van der Waals surface area (Å²) >= 11 is 0. The van der Waals surface area contributed by atoms with Crippen molar-refractivity contribution in [2.24, 2.45) is 5.92 Å². The van der Waals surface area contributed by atoms with Gasteiger partial charge in [-0.2, -0.15) is 0 Å². The largest absolute Gasteiger partial charge is 0.307 e. The van der Waals surface area contributed by atoms with Crippen molar-refractivity contribution in [2.45, 2.75) is 44.7 Å². The Labute approximate surface area is 91.9 Å². The zero-order valence-corrected chi connectivity index (χ0v) is 9.37. The second kappa shape index (κ2) is 3.64. The number of rotatable bonds is 2. The second-order valence-electron chi connectivity index (χ2n) is 4.99. The molecule has 1 saturated carbocycles. The molecule has 0 saturated heterocycles. The molecule has 1 nitrogen and oxygen atoms in total. The number of fused-ring (bicyclic) bond motifs is 1. The number of hydrogen-bond donors (Lipinski definition) is 1. The summed E-state index contributed by atoms with van der Waals surface area (Å²) in [5.74, 6) is 0.917. The molecule has 1 aliphatic heterocycles. The lowest BCUT2D eigenvalue weighted by Crippen LogP contribution is -2.39. The lowest BCUT2D eigenvalue weighted by Gasteiger charge is -2.33. The molecule has 1 aromatic rings. The maximum absolute atomic E-state index is 3.82. The van der Waals surface area contributed by atoms with Gasteiger partial charge in [0.25, 0.3) is 0 Å². The van der Waals surface area contributed by atoms with E-state index in [4.69, 9.17) is 0 Å². The predicted octanol–water partition coefficient (Wildman–Crippen LogP) is 3.06. The first-order chi connectivity index (χ1) is 7.38. The first-order valence-corrected chi connectivity index (χ1v) is 6.22. The second-order valence-corrected chi connectivity index (χ2v) is 4.99. The van der Waals surface area contributed by atoms with Gasteiger partial charge in [-0.3, -0.25) is 0 Å². The van der Waals surface area contributed by atoms with Crippen LogP contribution in [0.5, 0.6) is 0 Å². The van der Waals surface area contributed by atoms with E-state index >= 15 is 0 Å². The molecule has 1 aliphatic carbocycles. The van der Waals surface area contributed by atoms with E-state index in [0.717, 1.165) is 5.92 Å². The Morgan fingerprint density at radius 2 is 2.07 bits per heavy atom. The molecule has 0 amide bonds. The summed E-state index contributed by atoms with van der Waals surface area (Å²) < 4.78 is 0. The highest BCUT2D eigenvalue weighted by Gasteiger charge is 2.36. The summed E-state index contributed by atoms with van der Waals surface area (Å²) in [5.41, 5.74) is 3.16. The van der Waals surface area contributed by atoms with Crippen LogP contribution in [0, 0.1) is 5.92 Å². The van der Waals surface area contributed by atoms with Crippen molar-refractivity contribution in [1.82, 2.24) is 5.32 Å². The minimum absolute atomic E-state index is 0.653. The van der Waals surface area contributed by atoms with Gasteiger partial charge in [-0.05, 0) is 42.7 Å². The van der Waals surface area contributed by atoms with Gasteiger partial charge in [0.05, 0.1) is 0 Å². The molecule has 1 heteroatoms. The maximum Gasteiger partial charge on any atom is 0.0353 e. The van der Waals surface area contributed by atoms with Gasteiger partial charge in [-0.1, -0.05) is 31.2 Å². The van der Waals surface area contributed by atoms with Gasteiger partial charge in [0.1, 0.15) is 0 Å². The van der Waals surface area contributed by atoms with Crippen LogP contribution in [0.1, 0.15) is 43.4 Å². The van der Waals surface area contributed by atoms with Crippen molar-refractivity contribution in [2.75, 3.05) is 0 Å². The molecule has 0 aromatic heterocycles. The van der Waals surface area contributed by atoms with E-state index in [-0.39, 0.29) is 0 Å². The molecule has 80 valence electrons. The highest BCUT2D eigenvalue weighted by Crippen LogP contribution is 2.44. The Kier molecular flexibility index (Phi) is 2.28. The van der Waals surface area contributed by atoms with Crippen LogP contribution < -0.4 is 5.32 Å². The van der Waals surface area contributed by atoms with Crippen LogP contribution in [-0.2, 0) is 6.42 Å². The van der Waals surface area contributed by atoms with Crippen LogP contribution in [0.25, 0.3) is 0 Å². The van der Waals surface area contributed by atoms with Gasteiger partial charge >= 0.3 is 0 Å². The Balaban J connectivity index is 1.95. The number of nitrogens with one attached hydrogen (secondary N) is 1. The smallest absolute Gasteiger partial charge is 0.0353 e. The Morgan fingerprint density at radius 3 is 2.80 bits per heavy atom. The standard InChI is InChI=1S/C14H19N/c1-2-12-9-11-5-3-4-6-13(11)14(15-12)10-7-8-10/h3-6,10,12,14-15H,2,7-9H2,1H3. The van der Waals surface area contributed by atoms with E-state index < -0.39 is 0 Å². The molecule has 1 aromatic carbocycles. The van der Waals surface area contributed by atoms with E-state index in [1.165, 1.54) is 25.7 Å². The molecule has 1 fully saturated rings. The van der Waals surface area contributed by atoms with Crippen molar-refractivity contribution in [3.05, 3.63) is 35.4 Å². The topological polar surface area (TPSA) is 12.0 Å². The molecule has 2 aliphatic rings. The zero-order valence-electron chi connectivity index (χ0n) is 9.37. The minimum atomic E-state index is 0.653. The summed E-state index contributed by atoms with van der Waals surface area (Å²) in [6.45, 7) is 2.29. The monoisotopic (exact) mass is 201 g/mol. The molecule has 3 rings (SSSR count). The third-order valence-electron chi connectivity index (χ3n) is 3.86.